The molecule has 1 atom stereocenters. The lowest BCUT2D eigenvalue weighted by atomic mass is 10.1. The van der Waals surface area contributed by atoms with Gasteiger partial charge in [-0.25, -0.2) is 12.7 Å². The number of sulfonamides is 1. The van der Waals surface area contributed by atoms with E-state index >= 15 is 0 Å². The second kappa shape index (κ2) is 10.8. The number of carbonyl (C=O) groups excluding carboxylic acids is 3. The minimum absolute atomic E-state index is 0.0115. The summed E-state index contributed by atoms with van der Waals surface area (Å²) in [5.41, 5.74) is 0.102. The summed E-state index contributed by atoms with van der Waals surface area (Å²) >= 11 is 12.6. The number of rotatable bonds is 8. The first-order valence-corrected chi connectivity index (χ1v) is 13.6. The van der Waals surface area contributed by atoms with E-state index in [0.29, 0.717) is 15.6 Å². The van der Waals surface area contributed by atoms with Gasteiger partial charge in [0.2, 0.25) is 11.8 Å². The number of halogens is 2. The lowest BCUT2D eigenvalue weighted by Crippen LogP contribution is -2.52. The molecule has 36 heavy (non-hydrogen) atoms. The van der Waals surface area contributed by atoms with Crippen molar-refractivity contribution in [3.05, 3.63) is 63.6 Å². The summed E-state index contributed by atoms with van der Waals surface area (Å²) in [6.07, 6.45) is -0.0109. The van der Waals surface area contributed by atoms with Crippen molar-refractivity contribution >= 4 is 50.9 Å². The third-order valence-corrected chi connectivity index (χ3v) is 8.27. The first kappa shape index (κ1) is 28.0. The SMILES string of the molecule is C[C@H](C(=O)NC(C)(C)C)N(Cc1c(Cl)cccc1Cl)C(=O)CCCN1C(=O)c2ccccc2S1(=O)=O. The minimum Gasteiger partial charge on any atom is -0.350 e. The van der Waals surface area contributed by atoms with Gasteiger partial charge in [0.15, 0.2) is 0 Å². The maximum atomic E-state index is 13.3. The highest BCUT2D eigenvalue weighted by Gasteiger charge is 2.40. The second-order valence-electron chi connectivity index (χ2n) is 9.62. The standard InChI is InChI=1S/C25H29Cl2N3O5S/c1-16(23(32)28-25(2,3)4)29(15-18-19(26)10-7-11-20(18)27)22(31)13-8-14-30-24(33)17-9-5-6-12-21(17)36(30,34)35/h5-7,9-12,16H,8,13-15H2,1-4H3,(H,28,32)/t16-/m1/s1. The Kier molecular flexibility index (Phi) is 8.37. The summed E-state index contributed by atoms with van der Waals surface area (Å²) in [4.78, 5) is 40.2. The van der Waals surface area contributed by atoms with Crippen LogP contribution < -0.4 is 5.32 Å². The van der Waals surface area contributed by atoms with Gasteiger partial charge in [0.25, 0.3) is 15.9 Å². The Balaban J connectivity index is 1.77. The molecule has 11 heteroatoms. The molecule has 2 aromatic carbocycles. The molecule has 3 rings (SSSR count). The van der Waals surface area contributed by atoms with Crippen LogP contribution in [0.25, 0.3) is 0 Å². The molecule has 1 heterocycles. The topological polar surface area (TPSA) is 104 Å². The van der Waals surface area contributed by atoms with E-state index in [-0.39, 0.29) is 42.3 Å². The van der Waals surface area contributed by atoms with Crippen LogP contribution in [-0.2, 0) is 26.2 Å². The molecule has 0 unspecified atom stereocenters. The predicted molar refractivity (Wildman–Crippen MR) is 138 cm³/mol. The molecule has 0 radical (unpaired) electrons. The van der Waals surface area contributed by atoms with Gasteiger partial charge in [-0.05, 0) is 58.4 Å². The largest absolute Gasteiger partial charge is 0.350 e. The van der Waals surface area contributed by atoms with Crippen LogP contribution in [0.2, 0.25) is 10.0 Å². The number of fused-ring (bicyclic) bond motifs is 1. The van der Waals surface area contributed by atoms with Crippen molar-refractivity contribution in [1.82, 2.24) is 14.5 Å². The fourth-order valence-electron chi connectivity index (χ4n) is 3.88. The van der Waals surface area contributed by atoms with E-state index in [1.807, 2.05) is 20.8 Å². The first-order chi connectivity index (χ1) is 16.7. The molecule has 1 aliphatic rings. The van der Waals surface area contributed by atoms with Crippen LogP contribution >= 0.6 is 23.2 Å². The van der Waals surface area contributed by atoms with Crippen molar-refractivity contribution in [3.8, 4) is 0 Å². The number of nitrogens with zero attached hydrogens (tertiary/aromatic N) is 2. The summed E-state index contributed by atoms with van der Waals surface area (Å²) < 4.78 is 26.3. The fraction of sp³-hybridized carbons (Fsp3) is 0.400. The van der Waals surface area contributed by atoms with Gasteiger partial charge in [0, 0.05) is 40.7 Å². The summed E-state index contributed by atoms with van der Waals surface area (Å²) in [6.45, 7) is 6.93. The van der Waals surface area contributed by atoms with Gasteiger partial charge < -0.3 is 10.2 Å². The molecular weight excluding hydrogens is 525 g/mol. The Morgan fingerprint density at radius 3 is 2.25 bits per heavy atom. The van der Waals surface area contributed by atoms with Crippen LogP contribution in [0, 0.1) is 0 Å². The van der Waals surface area contributed by atoms with Crippen molar-refractivity contribution < 1.29 is 22.8 Å². The van der Waals surface area contributed by atoms with Crippen molar-refractivity contribution in [2.24, 2.45) is 0 Å². The number of amides is 3. The molecule has 0 fully saturated rings. The van der Waals surface area contributed by atoms with Crippen molar-refractivity contribution in [2.75, 3.05) is 6.54 Å². The molecule has 1 N–H and O–H groups in total. The van der Waals surface area contributed by atoms with E-state index in [4.69, 9.17) is 23.2 Å². The number of hydrogen-bond donors (Lipinski definition) is 1. The minimum atomic E-state index is -3.96. The molecule has 8 nitrogen and oxygen atoms in total. The number of benzene rings is 2. The fourth-order valence-corrected chi connectivity index (χ4v) is 6.00. The predicted octanol–water partition coefficient (Wildman–Crippen LogP) is 4.25. The zero-order valence-corrected chi connectivity index (χ0v) is 22.9. The molecule has 0 spiro atoms. The van der Waals surface area contributed by atoms with Gasteiger partial charge >= 0.3 is 0 Å². The average molecular weight is 554 g/mol. The highest BCUT2D eigenvalue weighted by Crippen LogP contribution is 2.30. The second-order valence-corrected chi connectivity index (χ2v) is 12.3. The molecule has 0 bridgehead atoms. The van der Waals surface area contributed by atoms with E-state index in [1.165, 1.54) is 17.0 Å². The van der Waals surface area contributed by atoms with E-state index in [2.05, 4.69) is 5.32 Å². The normalized spacial score (nSPS) is 15.4. The molecule has 194 valence electrons. The lowest BCUT2D eigenvalue weighted by molar-refractivity contribution is -0.141. The molecule has 1 aliphatic heterocycles. The van der Waals surface area contributed by atoms with Crippen molar-refractivity contribution in [3.63, 3.8) is 0 Å². The third kappa shape index (κ3) is 6.02. The Morgan fingerprint density at radius 1 is 1.06 bits per heavy atom. The van der Waals surface area contributed by atoms with Crippen LogP contribution in [-0.4, -0.2) is 53.5 Å². The van der Waals surface area contributed by atoms with Crippen molar-refractivity contribution in [2.45, 2.75) is 63.6 Å². The van der Waals surface area contributed by atoms with E-state index < -0.39 is 33.4 Å². The van der Waals surface area contributed by atoms with Gasteiger partial charge in [-0.15, -0.1) is 0 Å². The summed E-state index contributed by atoms with van der Waals surface area (Å²) in [5, 5.41) is 3.58. The van der Waals surface area contributed by atoms with Gasteiger partial charge in [-0.2, -0.15) is 0 Å². The van der Waals surface area contributed by atoms with Gasteiger partial charge in [0.1, 0.15) is 10.9 Å². The Hall–Kier alpha value is -2.62. The van der Waals surface area contributed by atoms with E-state index in [1.54, 1.807) is 37.3 Å². The molecule has 0 aromatic heterocycles. The zero-order valence-electron chi connectivity index (χ0n) is 20.5. The molecule has 3 amide bonds. The number of hydrogen-bond acceptors (Lipinski definition) is 5. The quantitative estimate of drug-likeness (QED) is 0.526. The lowest BCUT2D eigenvalue weighted by Gasteiger charge is -2.32. The molecular formula is C25H29Cl2N3O5S. The van der Waals surface area contributed by atoms with E-state index in [0.717, 1.165) is 4.31 Å². The molecule has 0 aliphatic carbocycles. The maximum absolute atomic E-state index is 13.3. The van der Waals surface area contributed by atoms with Crippen LogP contribution in [0.15, 0.2) is 47.4 Å². The smallest absolute Gasteiger partial charge is 0.269 e. The van der Waals surface area contributed by atoms with Gasteiger partial charge in [0.05, 0.1) is 5.56 Å². The molecule has 0 saturated heterocycles. The summed E-state index contributed by atoms with van der Waals surface area (Å²) in [6, 6.07) is 10.1. The molecule has 2 aromatic rings. The van der Waals surface area contributed by atoms with Crippen LogP contribution in [0.5, 0.6) is 0 Å². The third-order valence-electron chi connectivity index (χ3n) is 5.72. The highest BCUT2D eigenvalue weighted by molar-refractivity contribution is 7.90. The van der Waals surface area contributed by atoms with Crippen LogP contribution in [0.4, 0.5) is 0 Å². The Labute approximate surface area is 221 Å². The highest BCUT2D eigenvalue weighted by atomic mass is 35.5. The van der Waals surface area contributed by atoms with Gasteiger partial charge in [-0.1, -0.05) is 41.4 Å². The monoisotopic (exact) mass is 553 g/mol. The molecule has 0 saturated carbocycles. The van der Waals surface area contributed by atoms with Crippen molar-refractivity contribution in [1.29, 1.82) is 0 Å². The zero-order chi connectivity index (χ0) is 26.8. The Morgan fingerprint density at radius 2 is 1.67 bits per heavy atom. The first-order valence-electron chi connectivity index (χ1n) is 11.4. The summed E-state index contributed by atoms with van der Waals surface area (Å²) in [5.74, 6) is -1.37. The number of nitrogens with one attached hydrogen (secondary N) is 1. The number of carbonyl (C=O) groups is 3. The van der Waals surface area contributed by atoms with Crippen LogP contribution in [0.1, 0.15) is 56.5 Å². The average Bonchev–Trinajstić information content (AvgIpc) is 2.98. The Bertz CT molecular complexity index is 1270. The maximum Gasteiger partial charge on any atom is 0.269 e. The summed E-state index contributed by atoms with van der Waals surface area (Å²) in [7, 11) is -3.96. The van der Waals surface area contributed by atoms with Crippen LogP contribution in [0.3, 0.4) is 0 Å². The van der Waals surface area contributed by atoms with Gasteiger partial charge in [-0.3, -0.25) is 14.4 Å². The van der Waals surface area contributed by atoms with E-state index in [9.17, 15) is 22.8 Å².